The van der Waals surface area contributed by atoms with Crippen molar-refractivity contribution in [2.75, 3.05) is 49.4 Å². The number of thioether (sulfide) groups is 2. The van der Waals surface area contributed by atoms with Gasteiger partial charge >= 0.3 is 11.9 Å². The van der Waals surface area contributed by atoms with Crippen LogP contribution in [0.5, 0.6) is 0 Å². The van der Waals surface area contributed by atoms with E-state index in [0.29, 0.717) is 32.5 Å². The summed E-state index contributed by atoms with van der Waals surface area (Å²) in [5, 5.41) is 17.5. The Morgan fingerprint density at radius 1 is 0.432 bits per heavy atom. The van der Waals surface area contributed by atoms with Crippen molar-refractivity contribution in [2.24, 2.45) is 0 Å². The molecule has 0 aromatic carbocycles. The van der Waals surface area contributed by atoms with Crippen LogP contribution in [0.2, 0.25) is 0 Å². The molecular formula is C29H56O6S2. The zero-order valence-electron chi connectivity index (χ0n) is 23.4. The fourth-order valence-corrected chi connectivity index (χ4v) is 5.46. The molecule has 0 radical (unpaired) electrons. The van der Waals surface area contributed by atoms with Gasteiger partial charge in [-0.15, -0.1) is 0 Å². The van der Waals surface area contributed by atoms with Crippen LogP contribution in [0, 0.1) is 0 Å². The van der Waals surface area contributed by atoms with Crippen molar-refractivity contribution in [3.8, 4) is 0 Å². The number of aliphatic hydroxyl groups is 2. The van der Waals surface area contributed by atoms with E-state index in [4.69, 9.17) is 19.7 Å². The molecule has 8 heteroatoms. The molecule has 0 rings (SSSR count). The smallest absolute Gasteiger partial charge is 0.305 e. The summed E-state index contributed by atoms with van der Waals surface area (Å²) in [6.45, 7) is 1.21. The van der Waals surface area contributed by atoms with Crippen LogP contribution in [-0.2, 0) is 19.1 Å². The Kier molecular flexibility index (Phi) is 31.4. The number of rotatable bonds is 30. The maximum absolute atomic E-state index is 11.8. The lowest BCUT2D eigenvalue weighted by Crippen LogP contribution is -2.10. The number of hydrogen-bond donors (Lipinski definition) is 2. The van der Waals surface area contributed by atoms with Crippen molar-refractivity contribution in [2.45, 2.75) is 122 Å². The molecule has 0 spiro atoms. The van der Waals surface area contributed by atoms with Gasteiger partial charge in [-0.2, -0.15) is 23.5 Å². The van der Waals surface area contributed by atoms with Crippen LogP contribution < -0.4 is 0 Å². The highest BCUT2D eigenvalue weighted by molar-refractivity contribution is 7.99. The number of hydrogen-bond acceptors (Lipinski definition) is 8. The monoisotopic (exact) mass is 564 g/mol. The average Bonchev–Trinajstić information content (AvgIpc) is 2.89. The molecule has 0 heterocycles. The minimum absolute atomic E-state index is 0.146. The molecule has 0 fully saturated rings. The summed E-state index contributed by atoms with van der Waals surface area (Å²) in [6.07, 6.45) is 20.4. The average molecular weight is 565 g/mol. The highest BCUT2D eigenvalue weighted by Crippen LogP contribution is 2.13. The summed E-state index contributed by atoms with van der Waals surface area (Å²) < 4.78 is 10.5. The Balaban J connectivity index is 3.27. The van der Waals surface area contributed by atoms with E-state index >= 15 is 0 Å². The van der Waals surface area contributed by atoms with Gasteiger partial charge in [0.05, 0.1) is 26.4 Å². The van der Waals surface area contributed by atoms with Gasteiger partial charge in [0.2, 0.25) is 0 Å². The fraction of sp³-hybridized carbons (Fsp3) is 0.931. The van der Waals surface area contributed by atoms with Crippen molar-refractivity contribution in [1.29, 1.82) is 0 Å². The molecule has 0 aromatic rings. The summed E-state index contributed by atoms with van der Waals surface area (Å²) in [4.78, 5) is 23.6. The highest BCUT2D eigenvalue weighted by Gasteiger charge is 2.05. The second-order valence-electron chi connectivity index (χ2n) is 9.62. The lowest BCUT2D eigenvalue weighted by atomic mass is 10.1. The first-order chi connectivity index (χ1) is 18.2. The first-order valence-corrected chi connectivity index (χ1v) is 17.2. The second-order valence-corrected chi connectivity index (χ2v) is 12.1. The molecule has 0 atom stereocenters. The Bertz CT molecular complexity index is 451. The minimum atomic E-state index is -0.146. The molecule has 0 saturated heterocycles. The van der Waals surface area contributed by atoms with E-state index in [9.17, 15) is 9.59 Å². The molecule has 0 unspecified atom stereocenters. The topological polar surface area (TPSA) is 93.1 Å². The number of carbonyl (C=O) groups is 2. The fourth-order valence-electron chi connectivity index (χ4n) is 3.98. The van der Waals surface area contributed by atoms with Crippen LogP contribution >= 0.6 is 23.5 Å². The van der Waals surface area contributed by atoms with Crippen LogP contribution in [0.25, 0.3) is 0 Å². The first kappa shape index (κ1) is 36.6. The van der Waals surface area contributed by atoms with E-state index in [1.807, 2.05) is 23.5 Å². The molecule has 2 N–H and O–H groups in total. The normalized spacial score (nSPS) is 11.1. The molecule has 0 aliphatic rings. The largest absolute Gasteiger partial charge is 0.466 e. The third-order valence-corrected chi connectivity index (χ3v) is 8.22. The van der Waals surface area contributed by atoms with E-state index in [0.717, 1.165) is 48.7 Å². The van der Waals surface area contributed by atoms with Crippen molar-refractivity contribution in [3.63, 3.8) is 0 Å². The SMILES string of the molecule is O=C(CCCCCCCCCCSCCO)OCCCOC(=O)CCCCCCCCCCSCCO. The number of esters is 2. The van der Waals surface area contributed by atoms with Gasteiger partial charge in [-0.3, -0.25) is 9.59 Å². The predicted molar refractivity (Wildman–Crippen MR) is 158 cm³/mol. The lowest BCUT2D eigenvalue weighted by Gasteiger charge is -2.07. The molecule has 37 heavy (non-hydrogen) atoms. The molecule has 0 aliphatic heterocycles. The quantitative estimate of drug-likeness (QED) is 0.0716. The predicted octanol–water partition coefficient (Wildman–Crippen LogP) is 6.94. The lowest BCUT2D eigenvalue weighted by molar-refractivity contribution is -0.146. The van der Waals surface area contributed by atoms with Crippen LogP contribution in [0.15, 0.2) is 0 Å². The number of unbranched alkanes of at least 4 members (excludes halogenated alkanes) is 14. The molecule has 6 nitrogen and oxygen atoms in total. The van der Waals surface area contributed by atoms with E-state index < -0.39 is 0 Å². The summed E-state index contributed by atoms with van der Waals surface area (Å²) in [5.74, 6) is 3.72. The molecular weight excluding hydrogens is 508 g/mol. The minimum Gasteiger partial charge on any atom is -0.466 e. The summed E-state index contributed by atoms with van der Waals surface area (Å²) in [6, 6.07) is 0. The number of ether oxygens (including phenoxy) is 2. The zero-order chi connectivity index (χ0) is 27.1. The molecule has 0 aliphatic carbocycles. The van der Waals surface area contributed by atoms with Gasteiger partial charge < -0.3 is 19.7 Å². The number of aliphatic hydroxyl groups excluding tert-OH is 2. The Hall–Kier alpha value is -0.440. The molecule has 0 amide bonds. The third kappa shape index (κ3) is 31.7. The third-order valence-electron chi connectivity index (χ3n) is 6.13. The zero-order valence-corrected chi connectivity index (χ0v) is 25.1. The maximum atomic E-state index is 11.8. The Morgan fingerprint density at radius 2 is 0.757 bits per heavy atom. The number of carbonyl (C=O) groups excluding carboxylic acids is 2. The first-order valence-electron chi connectivity index (χ1n) is 14.9. The van der Waals surface area contributed by atoms with E-state index in [1.54, 1.807) is 0 Å². The Morgan fingerprint density at radius 3 is 1.11 bits per heavy atom. The van der Waals surface area contributed by atoms with Gasteiger partial charge in [-0.05, 0) is 37.2 Å². The van der Waals surface area contributed by atoms with Gasteiger partial charge in [0, 0.05) is 30.8 Å². The van der Waals surface area contributed by atoms with Crippen molar-refractivity contribution >= 4 is 35.5 Å². The molecule has 0 saturated carbocycles. The summed E-state index contributed by atoms with van der Waals surface area (Å²) in [7, 11) is 0. The van der Waals surface area contributed by atoms with Crippen LogP contribution in [0.3, 0.4) is 0 Å². The molecule has 220 valence electrons. The standard InChI is InChI=1S/C29H56O6S2/c30-20-26-36-24-15-11-7-3-1-5-9-13-18-28(32)34-22-17-23-35-29(33)19-14-10-6-2-4-8-12-16-25-37-27-21-31/h30-31H,1-27H2. The van der Waals surface area contributed by atoms with Gasteiger partial charge in [-0.25, -0.2) is 0 Å². The van der Waals surface area contributed by atoms with Crippen molar-refractivity contribution in [3.05, 3.63) is 0 Å². The molecule has 0 bridgehead atoms. The van der Waals surface area contributed by atoms with Crippen LogP contribution in [0.1, 0.15) is 122 Å². The van der Waals surface area contributed by atoms with E-state index in [2.05, 4.69) is 0 Å². The van der Waals surface area contributed by atoms with Crippen molar-refractivity contribution in [1.82, 2.24) is 0 Å². The van der Waals surface area contributed by atoms with E-state index in [-0.39, 0.29) is 25.2 Å². The van der Waals surface area contributed by atoms with E-state index in [1.165, 1.54) is 77.0 Å². The van der Waals surface area contributed by atoms with Crippen LogP contribution in [-0.4, -0.2) is 71.6 Å². The van der Waals surface area contributed by atoms with Crippen LogP contribution in [0.4, 0.5) is 0 Å². The van der Waals surface area contributed by atoms with Gasteiger partial charge in [0.15, 0.2) is 0 Å². The van der Waals surface area contributed by atoms with Crippen molar-refractivity contribution < 1.29 is 29.3 Å². The second kappa shape index (κ2) is 31.8. The highest BCUT2D eigenvalue weighted by atomic mass is 32.2. The van der Waals surface area contributed by atoms with Gasteiger partial charge in [-0.1, -0.05) is 77.0 Å². The van der Waals surface area contributed by atoms with Gasteiger partial charge in [0.25, 0.3) is 0 Å². The maximum Gasteiger partial charge on any atom is 0.305 e. The Labute approximate surface area is 235 Å². The molecule has 0 aromatic heterocycles. The van der Waals surface area contributed by atoms with Gasteiger partial charge in [0.1, 0.15) is 0 Å². The summed E-state index contributed by atoms with van der Waals surface area (Å²) in [5.41, 5.74) is 0. The summed E-state index contributed by atoms with van der Waals surface area (Å²) >= 11 is 3.66.